The molecule has 10 heteroatoms. The zero-order valence-corrected chi connectivity index (χ0v) is 18.4. The van der Waals surface area contributed by atoms with Crippen molar-refractivity contribution in [2.75, 3.05) is 18.4 Å². The monoisotopic (exact) mass is 460 g/mol. The van der Waals surface area contributed by atoms with Crippen LogP contribution in [-0.2, 0) is 14.8 Å². The molecule has 0 unspecified atom stereocenters. The van der Waals surface area contributed by atoms with Crippen LogP contribution in [0.3, 0.4) is 0 Å². The number of benzene rings is 2. The normalized spacial score (nSPS) is 15.7. The Morgan fingerprint density at radius 1 is 1.13 bits per heavy atom. The third-order valence-corrected chi connectivity index (χ3v) is 7.39. The molecule has 0 bridgehead atoms. The summed E-state index contributed by atoms with van der Waals surface area (Å²) in [5.41, 5.74) is 1.25. The van der Waals surface area contributed by atoms with E-state index in [1.54, 1.807) is 31.2 Å². The van der Waals surface area contributed by atoms with Crippen LogP contribution in [0.4, 0.5) is 5.69 Å². The molecule has 1 aliphatic heterocycles. The zero-order chi connectivity index (χ0) is 22.0. The summed E-state index contributed by atoms with van der Waals surface area (Å²) in [5.74, 6) is 0.385. The van der Waals surface area contributed by atoms with Gasteiger partial charge in [-0.2, -0.15) is 9.29 Å². The van der Waals surface area contributed by atoms with Crippen molar-refractivity contribution < 1.29 is 17.7 Å². The van der Waals surface area contributed by atoms with Gasteiger partial charge in [0, 0.05) is 36.5 Å². The van der Waals surface area contributed by atoms with Crippen molar-refractivity contribution in [3.05, 3.63) is 59.4 Å². The Kier molecular flexibility index (Phi) is 6.08. The molecule has 1 N–H and O–H groups in total. The fourth-order valence-corrected chi connectivity index (χ4v) is 5.14. The molecule has 3 aromatic rings. The van der Waals surface area contributed by atoms with E-state index in [1.807, 2.05) is 12.1 Å². The Hall–Kier alpha value is -2.75. The van der Waals surface area contributed by atoms with E-state index in [0.29, 0.717) is 40.8 Å². The molecule has 0 radical (unpaired) electrons. The number of para-hydroxylation sites is 1. The number of halogens is 1. The summed E-state index contributed by atoms with van der Waals surface area (Å²) in [6.45, 7) is 2.24. The molecule has 31 heavy (non-hydrogen) atoms. The summed E-state index contributed by atoms with van der Waals surface area (Å²) < 4.78 is 32.1. The molecule has 0 atom stereocenters. The Bertz CT molecular complexity index is 1190. The summed E-state index contributed by atoms with van der Waals surface area (Å²) in [6.07, 6.45) is 0.865. The molecule has 0 aliphatic carbocycles. The zero-order valence-electron chi connectivity index (χ0n) is 16.8. The first kappa shape index (κ1) is 21.5. The summed E-state index contributed by atoms with van der Waals surface area (Å²) in [7, 11) is -3.61. The van der Waals surface area contributed by atoms with Gasteiger partial charge in [-0.3, -0.25) is 4.79 Å². The Labute approximate surface area is 185 Å². The van der Waals surface area contributed by atoms with Crippen molar-refractivity contribution in [2.24, 2.45) is 5.92 Å². The fraction of sp³-hybridized carbons (Fsp3) is 0.286. The predicted octanol–water partition coefficient (Wildman–Crippen LogP) is 3.74. The second kappa shape index (κ2) is 8.78. The fourth-order valence-electron chi connectivity index (χ4n) is 3.54. The number of hydrogen-bond donors (Lipinski definition) is 1. The largest absolute Gasteiger partial charge is 0.339 e. The number of nitrogens with zero attached hydrogens (tertiary/aromatic N) is 3. The lowest BCUT2D eigenvalue weighted by atomic mass is 9.97. The van der Waals surface area contributed by atoms with Crippen LogP contribution >= 0.6 is 11.6 Å². The minimum absolute atomic E-state index is 0.156. The number of rotatable bonds is 5. The van der Waals surface area contributed by atoms with Gasteiger partial charge >= 0.3 is 0 Å². The van der Waals surface area contributed by atoms with Crippen molar-refractivity contribution in [2.45, 2.75) is 24.7 Å². The third-order valence-electron chi connectivity index (χ3n) is 5.23. The Balaban J connectivity index is 1.42. The van der Waals surface area contributed by atoms with Gasteiger partial charge in [0.1, 0.15) is 0 Å². The van der Waals surface area contributed by atoms with Gasteiger partial charge in [-0.15, -0.1) is 0 Å². The van der Waals surface area contributed by atoms with Crippen LogP contribution in [-0.4, -0.2) is 41.9 Å². The van der Waals surface area contributed by atoms with Crippen molar-refractivity contribution in [3.63, 3.8) is 0 Å². The number of aromatic nitrogens is 2. The number of aryl methyl sites for hydroxylation is 1. The first-order chi connectivity index (χ1) is 14.8. The van der Waals surface area contributed by atoms with Crippen LogP contribution in [0.15, 0.2) is 57.9 Å². The molecule has 1 aliphatic rings. The molecule has 1 saturated heterocycles. The maximum absolute atomic E-state index is 12.9. The molecule has 162 valence electrons. The van der Waals surface area contributed by atoms with Crippen molar-refractivity contribution in [1.29, 1.82) is 0 Å². The molecule has 0 spiro atoms. The minimum atomic E-state index is -3.61. The Morgan fingerprint density at radius 2 is 1.81 bits per heavy atom. The lowest BCUT2D eigenvalue weighted by molar-refractivity contribution is -0.120. The molecule has 2 heterocycles. The molecule has 1 aromatic heterocycles. The van der Waals surface area contributed by atoms with E-state index in [1.165, 1.54) is 16.4 Å². The average Bonchev–Trinajstić information content (AvgIpc) is 3.20. The molecule has 1 fully saturated rings. The van der Waals surface area contributed by atoms with Crippen molar-refractivity contribution in [1.82, 2.24) is 14.4 Å². The van der Waals surface area contributed by atoms with Crippen molar-refractivity contribution in [3.8, 4) is 11.4 Å². The Morgan fingerprint density at radius 3 is 2.45 bits per heavy atom. The van der Waals surface area contributed by atoms with E-state index < -0.39 is 10.0 Å². The number of sulfonamides is 1. The van der Waals surface area contributed by atoms with Crippen LogP contribution in [0.1, 0.15) is 18.7 Å². The topological polar surface area (TPSA) is 105 Å². The number of amides is 1. The summed E-state index contributed by atoms with van der Waals surface area (Å²) in [5, 5.41) is 7.33. The minimum Gasteiger partial charge on any atom is -0.339 e. The van der Waals surface area contributed by atoms with Gasteiger partial charge < -0.3 is 9.84 Å². The van der Waals surface area contributed by atoms with Gasteiger partial charge in [0.05, 0.1) is 10.6 Å². The van der Waals surface area contributed by atoms with Gasteiger partial charge in [-0.25, -0.2) is 8.42 Å². The standard InChI is InChI=1S/C21H21ClN4O4S/c1-14-23-20(25-30-14)18-4-2-3-5-19(18)24-21(27)15-10-12-26(13-11-15)31(28,29)17-8-6-16(22)7-9-17/h2-9,15H,10-13H2,1H3,(H,24,27). The van der Waals surface area contributed by atoms with Gasteiger partial charge in [-0.1, -0.05) is 28.9 Å². The quantitative estimate of drug-likeness (QED) is 0.621. The molecule has 8 nitrogen and oxygen atoms in total. The summed E-state index contributed by atoms with van der Waals surface area (Å²) in [6, 6.07) is 13.3. The van der Waals surface area contributed by atoms with Crippen molar-refractivity contribution >= 4 is 33.2 Å². The first-order valence-corrected chi connectivity index (χ1v) is 11.6. The maximum atomic E-state index is 12.9. The number of carbonyl (C=O) groups excluding carboxylic acids is 1. The summed E-state index contributed by atoms with van der Waals surface area (Å²) in [4.78, 5) is 17.3. The van der Waals surface area contributed by atoms with E-state index in [4.69, 9.17) is 16.1 Å². The second-order valence-corrected chi connectivity index (χ2v) is 9.68. The van der Waals surface area contributed by atoms with Crippen LogP contribution in [0, 0.1) is 12.8 Å². The van der Waals surface area contributed by atoms with E-state index in [2.05, 4.69) is 15.5 Å². The first-order valence-electron chi connectivity index (χ1n) is 9.81. The van der Waals surface area contributed by atoms with Crippen LogP contribution in [0.25, 0.3) is 11.4 Å². The number of nitrogens with one attached hydrogen (secondary N) is 1. The van der Waals surface area contributed by atoms with E-state index >= 15 is 0 Å². The van der Waals surface area contributed by atoms with E-state index in [9.17, 15) is 13.2 Å². The van der Waals surface area contributed by atoms with E-state index in [0.717, 1.165) is 0 Å². The highest BCUT2D eigenvalue weighted by Gasteiger charge is 2.32. The second-order valence-electron chi connectivity index (χ2n) is 7.30. The van der Waals surface area contributed by atoms with Gasteiger partial charge in [-0.05, 0) is 49.2 Å². The SMILES string of the molecule is Cc1nc(-c2ccccc2NC(=O)C2CCN(S(=O)(=O)c3ccc(Cl)cc3)CC2)no1. The van der Waals surface area contributed by atoms with Gasteiger partial charge in [0.25, 0.3) is 0 Å². The number of hydrogen-bond acceptors (Lipinski definition) is 6. The van der Waals surface area contributed by atoms with E-state index in [-0.39, 0.29) is 29.8 Å². The lowest BCUT2D eigenvalue weighted by Crippen LogP contribution is -2.41. The van der Waals surface area contributed by atoms with Gasteiger partial charge in [0.15, 0.2) is 0 Å². The predicted molar refractivity (Wildman–Crippen MR) is 116 cm³/mol. The molecule has 1 amide bonds. The maximum Gasteiger partial charge on any atom is 0.243 e. The summed E-state index contributed by atoms with van der Waals surface area (Å²) >= 11 is 5.85. The van der Waals surface area contributed by atoms with Crippen LogP contribution in [0.2, 0.25) is 5.02 Å². The average molecular weight is 461 g/mol. The highest BCUT2D eigenvalue weighted by Crippen LogP contribution is 2.29. The number of anilines is 1. The molecular weight excluding hydrogens is 440 g/mol. The molecule has 0 saturated carbocycles. The smallest absolute Gasteiger partial charge is 0.243 e. The lowest BCUT2D eigenvalue weighted by Gasteiger charge is -2.30. The van der Waals surface area contributed by atoms with Crippen LogP contribution in [0.5, 0.6) is 0 Å². The number of carbonyl (C=O) groups is 1. The highest BCUT2D eigenvalue weighted by atomic mass is 35.5. The molecular formula is C21H21ClN4O4S. The molecule has 2 aromatic carbocycles. The third kappa shape index (κ3) is 4.63. The molecule has 4 rings (SSSR count). The van der Waals surface area contributed by atoms with Crippen LogP contribution < -0.4 is 5.32 Å². The van der Waals surface area contributed by atoms with Gasteiger partial charge in [0.2, 0.25) is 27.6 Å². The highest BCUT2D eigenvalue weighted by molar-refractivity contribution is 7.89. The number of piperidine rings is 1.